The van der Waals surface area contributed by atoms with Gasteiger partial charge in [0.05, 0.1) is 5.39 Å². The molecule has 72 valence electrons. The Morgan fingerprint density at radius 2 is 2.14 bits per heavy atom. The second-order valence-electron chi connectivity index (χ2n) is 3.00. The third kappa shape index (κ3) is 1.39. The largest absolute Gasteiger partial charge is 0.372 e. The van der Waals surface area contributed by atoms with Gasteiger partial charge in [0.2, 0.25) is 0 Å². The SMILES string of the molecule is CCc1ccc2c(NC)ncnc2n1. The molecule has 14 heavy (non-hydrogen) atoms. The maximum atomic E-state index is 4.41. The third-order valence-corrected chi connectivity index (χ3v) is 2.15. The Kier molecular flexibility index (Phi) is 2.26. The first-order valence-corrected chi connectivity index (χ1v) is 4.63. The van der Waals surface area contributed by atoms with Crippen molar-refractivity contribution >= 4 is 16.9 Å². The molecule has 2 aromatic heterocycles. The molecule has 4 heteroatoms. The molecule has 0 amide bonds. The molecule has 4 nitrogen and oxygen atoms in total. The highest BCUT2D eigenvalue weighted by Gasteiger charge is 2.02. The maximum absolute atomic E-state index is 4.41. The van der Waals surface area contributed by atoms with Crippen LogP contribution >= 0.6 is 0 Å². The van der Waals surface area contributed by atoms with Crippen LogP contribution in [-0.2, 0) is 6.42 Å². The highest BCUT2D eigenvalue weighted by atomic mass is 15.0. The molecule has 0 radical (unpaired) electrons. The molecule has 2 rings (SSSR count). The molecule has 0 saturated carbocycles. The lowest BCUT2D eigenvalue weighted by molar-refractivity contribution is 1.04. The van der Waals surface area contributed by atoms with E-state index in [0.717, 1.165) is 29.0 Å². The average Bonchev–Trinajstić information content (AvgIpc) is 2.27. The molecular formula is C10H12N4. The topological polar surface area (TPSA) is 50.7 Å². The number of fused-ring (bicyclic) bond motifs is 1. The Hall–Kier alpha value is -1.71. The molecular weight excluding hydrogens is 176 g/mol. The Bertz CT molecular complexity index is 453. The molecule has 0 aliphatic rings. The van der Waals surface area contributed by atoms with Gasteiger partial charge in [0, 0.05) is 12.7 Å². The quantitative estimate of drug-likeness (QED) is 0.778. The Balaban J connectivity index is 2.67. The summed E-state index contributed by atoms with van der Waals surface area (Å²) in [5.74, 6) is 0.824. The van der Waals surface area contributed by atoms with Gasteiger partial charge in [-0.05, 0) is 18.6 Å². The van der Waals surface area contributed by atoms with E-state index in [9.17, 15) is 0 Å². The van der Waals surface area contributed by atoms with Crippen molar-refractivity contribution in [2.45, 2.75) is 13.3 Å². The smallest absolute Gasteiger partial charge is 0.164 e. The fourth-order valence-corrected chi connectivity index (χ4v) is 1.38. The summed E-state index contributed by atoms with van der Waals surface area (Å²) in [5.41, 5.74) is 1.81. The molecule has 0 aromatic carbocycles. The number of nitrogens with one attached hydrogen (secondary N) is 1. The van der Waals surface area contributed by atoms with Crippen LogP contribution in [0, 0.1) is 0 Å². The second-order valence-corrected chi connectivity index (χ2v) is 3.00. The number of rotatable bonds is 2. The van der Waals surface area contributed by atoms with Crippen molar-refractivity contribution < 1.29 is 0 Å². The number of hydrogen-bond acceptors (Lipinski definition) is 4. The molecule has 0 saturated heterocycles. The molecule has 2 heterocycles. The summed E-state index contributed by atoms with van der Waals surface area (Å²) in [7, 11) is 1.84. The molecule has 1 N–H and O–H groups in total. The number of aryl methyl sites for hydroxylation is 1. The van der Waals surface area contributed by atoms with Crippen LogP contribution in [0.5, 0.6) is 0 Å². The van der Waals surface area contributed by atoms with Crippen LogP contribution < -0.4 is 5.32 Å². The molecule has 0 unspecified atom stereocenters. The second kappa shape index (κ2) is 3.57. The van der Waals surface area contributed by atoms with Crippen molar-refractivity contribution in [1.82, 2.24) is 15.0 Å². The van der Waals surface area contributed by atoms with E-state index >= 15 is 0 Å². The summed E-state index contributed by atoms with van der Waals surface area (Å²) in [6.45, 7) is 2.08. The summed E-state index contributed by atoms with van der Waals surface area (Å²) in [4.78, 5) is 12.7. The zero-order valence-corrected chi connectivity index (χ0v) is 8.28. The van der Waals surface area contributed by atoms with E-state index in [1.807, 2.05) is 19.2 Å². The van der Waals surface area contributed by atoms with E-state index in [4.69, 9.17) is 0 Å². The number of aromatic nitrogens is 3. The minimum Gasteiger partial charge on any atom is -0.372 e. The number of anilines is 1. The molecule has 0 spiro atoms. The lowest BCUT2D eigenvalue weighted by Crippen LogP contribution is -1.97. The van der Waals surface area contributed by atoms with Crippen LogP contribution in [0.1, 0.15) is 12.6 Å². The number of pyridine rings is 1. The molecule has 0 aliphatic carbocycles. The van der Waals surface area contributed by atoms with E-state index in [0.29, 0.717) is 0 Å². The van der Waals surface area contributed by atoms with Gasteiger partial charge < -0.3 is 5.32 Å². The number of hydrogen-bond donors (Lipinski definition) is 1. The minimum absolute atomic E-state index is 0.753. The summed E-state index contributed by atoms with van der Waals surface area (Å²) in [6.07, 6.45) is 2.45. The van der Waals surface area contributed by atoms with Crippen LogP contribution in [0.15, 0.2) is 18.5 Å². The highest BCUT2D eigenvalue weighted by molar-refractivity contribution is 5.85. The Morgan fingerprint density at radius 3 is 2.86 bits per heavy atom. The predicted octanol–water partition coefficient (Wildman–Crippen LogP) is 1.63. The number of nitrogens with zero attached hydrogens (tertiary/aromatic N) is 3. The first-order valence-electron chi connectivity index (χ1n) is 4.63. The van der Waals surface area contributed by atoms with E-state index in [1.165, 1.54) is 6.33 Å². The van der Waals surface area contributed by atoms with Crippen molar-refractivity contribution in [3.05, 3.63) is 24.2 Å². The van der Waals surface area contributed by atoms with E-state index in [2.05, 4.69) is 27.2 Å². The monoisotopic (exact) mass is 188 g/mol. The maximum Gasteiger partial charge on any atom is 0.164 e. The molecule has 2 aromatic rings. The van der Waals surface area contributed by atoms with Crippen LogP contribution in [0.4, 0.5) is 5.82 Å². The van der Waals surface area contributed by atoms with E-state index in [-0.39, 0.29) is 0 Å². The van der Waals surface area contributed by atoms with E-state index < -0.39 is 0 Å². The molecule has 0 aliphatic heterocycles. The van der Waals surface area contributed by atoms with Gasteiger partial charge in [-0.3, -0.25) is 0 Å². The Labute approximate surface area is 82.4 Å². The van der Waals surface area contributed by atoms with Crippen LogP contribution in [-0.4, -0.2) is 22.0 Å². The van der Waals surface area contributed by atoms with Gasteiger partial charge in [0.25, 0.3) is 0 Å². The zero-order chi connectivity index (χ0) is 9.97. The van der Waals surface area contributed by atoms with Crippen LogP contribution in [0.3, 0.4) is 0 Å². The van der Waals surface area contributed by atoms with Gasteiger partial charge in [-0.1, -0.05) is 6.92 Å². The van der Waals surface area contributed by atoms with Gasteiger partial charge in [-0.15, -0.1) is 0 Å². The van der Waals surface area contributed by atoms with Crippen molar-refractivity contribution in [1.29, 1.82) is 0 Å². The third-order valence-electron chi connectivity index (χ3n) is 2.15. The fourth-order valence-electron chi connectivity index (χ4n) is 1.38. The normalized spacial score (nSPS) is 10.4. The standard InChI is InChI=1S/C10H12N4/c1-3-7-4-5-8-9(11-2)12-6-13-10(8)14-7/h4-6H,3H2,1-2H3,(H,11,12,13,14). The summed E-state index contributed by atoms with van der Waals surface area (Å²) in [6, 6.07) is 4.01. The van der Waals surface area contributed by atoms with Crippen molar-refractivity contribution in [3.8, 4) is 0 Å². The van der Waals surface area contributed by atoms with E-state index in [1.54, 1.807) is 0 Å². The summed E-state index contributed by atoms with van der Waals surface area (Å²) in [5, 5.41) is 3.98. The van der Waals surface area contributed by atoms with Crippen molar-refractivity contribution in [2.24, 2.45) is 0 Å². The average molecular weight is 188 g/mol. The molecule has 0 atom stereocenters. The van der Waals surface area contributed by atoms with Gasteiger partial charge in [0.1, 0.15) is 12.1 Å². The fraction of sp³-hybridized carbons (Fsp3) is 0.300. The van der Waals surface area contributed by atoms with Gasteiger partial charge in [0.15, 0.2) is 5.65 Å². The van der Waals surface area contributed by atoms with Gasteiger partial charge in [-0.25, -0.2) is 15.0 Å². The van der Waals surface area contributed by atoms with Crippen molar-refractivity contribution in [3.63, 3.8) is 0 Å². The zero-order valence-electron chi connectivity index (χ0n) is 8.28. The highest BCUT2D eigenvalue weighted by Crippen LogP contribution is 2.17. The van der Waals surface area contributed by atoms with Gasteiger partial charge in [-0.2, -0.15) is 0 Å². The van der Waals surface area contributed by atoms with Crippen LogP contribution in [0.2, 0.25) is 0 Å². The van der Waals surface area contributed by atoms with Crippen molar-refractivity contribution in [2.75, 3.05) is 12.4 Å². The molecule has 0 fully saturated rings. The van der Waals surface area contributed by atoms with Crippen LogP contribution in [0.25, 0.3) is 11.0 Å². The first kappa shape index (κ1) is 8.87. The lowest BCUT2D eigenvalue weighted by atomic mass is 10.2. The lowest BCUT2D eigenvalue weighted by Gasteiger charge is -2.03. The predicted molar refractivity (Wildman–Crippen MR) is 56.3 cm³/mol. The molecule has 0 bridgehead atoms. The minimum atomic E-state index is 0.753. The Morgan fingerprint density at radius 1 is 1.29 bits per heavy atom. The summed E-state index contributed by atoms with van der Waals surface area (Å²) < 4.78 is 0. The first-order chi connectivity index (χ1) is 6.85. The summed E-state index contributed by atoms with van der Waals surface area (Å²) >= 11 is 0. The van der Waals surface area contributed by atoms with Gasteiger partial charge >= 0.3 is 0 Å².